The molecule has 0 fully saturated rings. The zero-order valence-corrected chi connectivity index (χ0v) is 18.2. The third-order valence-electron chi connectivity index (χ3n) is 4.96. The van der Waals surface area contributed by atoms with Crippen molar-refractivity contribution < 1.29 is 3.58 Å². The van der Waals surface area contributed by atoms with Gasteiger partial charge in [-0.3, -0.25) is 0 Å². The zero-order valence-electron chi connectivity index (χ0n) is 14.1. The van der Waals surface area contributed by atoms with E-state index in [0.717, 1.165) is 34.8 Å². The third-order valence-corrected chi connectivity index (χ3v) is 11.7. The SMILES string of the molecule is O=c1c2c3c(sc2[n+]2c(n1-c1ccccc1)SCC(CCl)[Se]2)CCCC3. The van der Waals surface area contributed by atoms with Crippen molar-refractivity contribution in [3.63, 3.8) is 0 Å². The summed E-state index contributed by atoms with van der Waals surface area (Å²) in [7, 11) is 0. The molecule has 0 saturated heterocycles. The molecule has 3 aromatic rings. The van der Waals surface area contributed by atoms with Crippen LogP contribution in [0.25, 0.3) is 15.9 Å². The van der Waals surface area contributed by atoms with E-state index in [4.69, 9.17) is 11.6 Å². The van der Waals surface area contributed by atoms with Gasteiger partial charge in [0.1, 0.15) is 0 Å². The van der Waals surface area contributed by atoms with Crippen LogP contribution in [0, 0.1) is 0 Å². The maximum absolute atomic E-state index is 13.6. The fraction of sp³-hybridized carbons (Fsp3) is 0.368. The molecule has 1 aliphatic heterocycles. The summed E-state index contributed by atoms with van der Waals surface area (Å²) in [5.74, 6) is 1.68. The van der Waals surface area contributed by atoms with Crippen molar-refractivity contribution in [1.82, 2.24) is 4.57 Å². The molecule has 3 nitrogen and oxygen atoms in total. The van der Waals surface area contributed by atoms with Gasteiger partial charge in [-0.15, -0.1) is 0 Å². The van der Waals surface area contributed by atoms with E-state index in [2.05, 4.69) is 3.58 Å². The Balaban J connectivity index is 1.87. The van der Waals surface area contributed by atoms with Crippen molar-refractivity contribution in [3.8, 4) is 5.69 Å². The van der Waals surface area contributed by atoms with Gasteiger partial charge in [-0.1, -0.05) is 0 Å². The third kappa shape index (κ3) is 2.70. The van der Waals surface area contributed by atoms with Crippen molar-refractivity contribution in [1.29, 1.82) is 0 Å². The van der Waals surface area contributed by atoms with Crippen LogP contribution in [0.4, 0.5) is 0 Å². The van der Waals surface area contributed by atoms with E-state index in [1.54, 1.807) is 11.8 Å². The van der Waals surface area contributed by atoms with Crippen LogP contribution in [-0.2, 0) is 12.8 Å². The Morgan fingerprint density at radius 3 is 2.85 bits per heavy atom. The van der Waals surface area contributed by atoms with E-state index < -0.39 is 0 Å². The average molecular weight is 469 g/mol. The van der Waals surface area contributed by atoms with Crippen LogP contribution in [0.15, 0.2) is 40.3 Å². The molecule has 1 aromatic carbocycles. The first kappa shape index (κ1) is 17.3. The van der Waals surface area contributed by atoms with Gasteiger partial charge in [-0.25, -0.2) is 0 Å². The number of para-hydroxylation sites is 1. The van der Waals surface area contributed by atoms with Crippen molar-refractivity contribution in [2.45, 2.75) is 35.7 Å². The van der Waals surface area contributed by atoms with E-state index >= 15 is 0 Å². The normalized spacial score (nSPS) is 19.3. The first-order chi connectivity index (χ1) is 12.8. The van der Waals surface area contributed by atoms with E-state index in [0.29, 0.717) is 10.7 Å². The number of nitrogens with zero attached hydrogens (tertiary/aromatic N) is 2. The van der Waals surface area contributed by atoms with Crippen LogP contribution < -0.4 is 9.14 Å². The van der Waals surface area contributed by atoms with Gasteiger partial charge in [0, 0.05) is 0 Å². The number of fused-ring (bicyclic) bond motifs is 5. The van der Waals surface area contributed by atoms with E-state index in [9.17, 15) is 4.79 Å². The molecule has 0 bridgehead atoms. The first-order valence-electron chi connectivity index (χ1n) is 8.84. The summed E-state index contributed by atoms with van der Waals surface area (Å²) in [4.78, 5) is 16.7. The Morgan fingerprint density at radius 2 is 2.04 bits per heavy atom. The van der Waals surface area contributed by atoms with E-state index in [-0.39, 0.29) is 20.7 Å². The Kier molecular flexibility index (Phi) is 4.66. The van der Waals surface area contributed by atoms with Crippen LogP contribution in [0.5, 0.6) is 0 Å². The van der Waals surface area contributed by atoms with Crippen molar-refractivity contribution >= 4 is 60.1 Å². The summed E-state index contributed by atoms with van der Waals surface area (Å²) in [6, 6.07) is 10.1. The predicted molar refractivity (Wildman–Crippen MR) is 111 cm³/mol. The molecule has 0 amide bonds. The molecule has 2 aliphatic rings. The predicted octanol–water partition coefficient (Wildman–Crippen LogP) is 3.82. The van der Waals surface area contributed by atoms with Crippen LogP contribution in [0.2, 0.25) is 4.82 Å². The molecule has 1 atom stereocenters. The summed E-state index contributed by atoms with van der Waals surface area (Å²) in [6.07, 6.45) is 4.59. The maximum atomic E-state index is 13.6. The second-order valence-electron chi connectivity index (χ2n) is 6.64. The van der Waals surface area contributed by atoms with Gasteiger partial charge >= 0.3 is 172 Å². The van der Waals surface area contributed by atoms with Gasteiger partial charge < -0.3 is 0 Å². The fourth-order valence-corrected chi connectivity index (χ4v) is 9.97. The summed E-state index contributed by atoms with van der Waals surface area (Å²) < 4.78 is 4.38. The van der Waals surface area contributed by atoms with Gasteiger partial charge in [0.25, 0.3) is 0 Å². The molecule has 0 spiro atoms. The van der Waals surface area contributed by atoms with Gasteiger partial charge in [0.05, 0.1) is 0 Å². The number of aryl methyl sites for hydroxylation is 2. The second kappa shape index (κ2) is 6.99. The Morgan fingerprint density at radius 1 is 1.23 bits per heavy atom. The molecule has 1 unspecified atom stereocenters. The molecule has 0 N–H and O–H groups in total. The van der Waals surface area contributed by atoms with Crippen LogP contribution >= 0.6 is 34.7 Å². The summed E-state index contributed by atoms with van der Waals surface area (Å²) in [6.45, 7) is 0. The Labute approximate surface area is 171 Å². The molecule has 134 valence electrons. The van der Waals surface area contributed by atoms with Crippen LogP contribution in [0.3, 0.4) is 0 Å². The Hall–Kier alpha value is -0.781. The molecule has 0 saturated carbocycles. The topological polar surface area (TPSA) is 25.9 Å². The van der Waals surface area contributed by atoms with Crippen molar-refractivity contribution in [3.05, 3.63) is 51.1 Å². The molecular formula is C19H18ClN2OS2Se+. The molecule has 3 heterocycles. The average Bonchev–Trinajstić information content (AvgIpc) is 3.09. The summed E-state index contributed by atoms with van der Waals surface area (Å²) >= 11 is 10.1. The minimum atomic E-state index is 0.157. The number of benzene rings is 1. The number of hydrogen-bond acceptors (Lipinski definition) is 3. The van der Waals surface area contributed by atoms with Gasteiger partial charge in [0.15, 0.2) is 0 Å². The second-order valence-corrected chi connectivity index (χ2v) is 11.6. The molecule has 26 heavy (non-hydrogen) atoms. The number of thiophene rings is 1. The van der Waals surface area contributed by atoms with E-state index in [1.165, 1.54) is 28.1 Å². The van der Waals surface area contributed by atoms with Crippen molar-refractivity contribution in [2.75, 3.05) is 11.6 Å². The van der Waals surface area contributed by atoms with Gasteiger partial charge in [-0.05, 0) is 0 Å². The summed E-state index contributed by atoms with van der Waals surface area (Å²) in [5, 5.41) is 2.05. The van der Waals surface area contributed by atoms with Gasteiger partial charge in [-0.2, -0.15) is 0 Å². The molecule has 0 radical (unpaired) electrons. The summed E-state index contributed by atoms with van der Waals surface area (Å²) in [5.41, 5.74) is 2.44. The molecule has 2 aromatic heterocycles. The number of rotatable bonds is 2. The number of thioether (sulfide) groups is 1. The molecule has 5 rings (SSSR count). The first-order valence-corrected chi connectivity index (χ1v) is 12.9. The monoisotopic (exact) mass is 469 g/mol. The minimum absolute atomic E-state index is 0.157. The van der Waals surface area contributed by atoms with Crippen molar-refractivity contribution in [2.24, 2.45) is 0 Å². The number of hydrogen-bond donors (Lipinski definition) is 0. The number of alkyl halides is 1. The number of halogens is 1. The van der Waals surface area contributed by atoms with E-state index in [1.807, 2.05) is 46.2 Å². The number of aromatic nitrogens is 2. The quantitative estimate of drug-likeness (QED) is 0.325. The zero-order chi connectivity index (χ0) is 17.7. The fourth-order valence-electron chi connectivity index (χ4n) is 3.73. The molecular weight excluding hydrogens is 451 g/mol. The van der Waals surface area contributed by atoms with Crippen LogP contribution in [0.1, 0.15) is 23.3 Å². The standard InChI is InChI=1S/C19H18ClN2OS2Se/c20-10-13-11-24-19-21(12-6-2-1-3-7-12)17(23)16-14-8-4-5-9-15(14)25-18(16)22(19)26-13/h1-3,6-7,13H,4-5,8-11H2/q+1. The molecule has 1 aliphatic carbocycles. The molecule has 7 heteroatoms. The van der Waals surface area contributed by atoms with Gasteiger partial charge in [0.2, 0.25) is 0 Å². The van der Waals surface area contributed by atoms with Crippen LogP contribution in [-0.4, -0.2) is 31.4 Å². The Bertz CT molecular complexity index is 1050.